The quantitative estimate of drug-likeness (QED) is 0.844. The van der Waals surface area contributed by atoms with Crippen LogP contribution < -0.4 is 9.46 Å². The van der Waals surface area contributed by atoms with Crippen LogP contribution >= 0.6 is 23.2 Å². The van der Waals surface area contributed by atoms with Gasteiger partial charge in [-0.3, -0.25) is 4.72 Å². The monoisotopic (exact) mass is 363 g/mol. The molecule has 118 valence electrons. The summed E-state index contributed by atoms with van der Waals surface area (Å²) < 4.78 is 44.3. The van der Waals surface area contributed by atoms with Crippen LogP contribution in [-0.4, -0.2) is 20.8 Å². The van der Waals surface area contributed by atoms with Gasteiger partial charge < -0.3 is 4.74 Å². The van der Waals surface area contributed by atoms with Crippen LogP contribution in [0.1, 0.15) is 0 Å². The number of halogens is 3. The third-order valence-electron chi connectivity index (χ3n) is 2.65. The molecule has 2 aromatic carbocycles. The first-order chi connectivity index (χ1) is 10.4. The summed E-state index contributed by atoms with van der Waals surface area (Å²) in [6.07, 6.45) is 0. The van der Waals surface area contributed by atoms with Gasteiger partial charge in [-0.05, 0) is 36.4 Å². The molecule has 0 atom stereocenters. The van der Waals surface area contributed by atoms with Gasteiger partial charge >= 0.3 is 0 Å². The summed E-state index contributed by atoms with van der Waals surface area (Å²) in [5, 5.41) is 0.408. The molecular formula is C14H12Cl2FNO3S. The van der Waals surface area contributed by atoms with Gasteiger partial charge in [-0.2, -0.15) is 0 Å². The molecule has 4 nitrogen and oxygen atoms in total. The van der Waals surface area contributed by atoms with E-state index < -0.39 is 15.8 Å². The molecule has 0 radical (unpaired) electrons. The van der Waals surface area contributed by atoms with Crippen LogP contribution in [0, 0.1) is 5.82 Å². The molecule has 22 heavy (non-hydrogen) atoms. The van der Waals surface area contributed by atoms with Crippen molar-refractivity contribution in [2.75, 3.05) is 17.1 Å². The molecule has 0 unspecified atom stereocenters. The number of para-hydroxylation sites is 1. The van der Waals surface area contributed by atoms with E-state index in [-0.39, 0.29) is 28.1 Å². The largest absolute Gasteiger partial charge is 0.492 e. The van der Waals surface area contributed by atoms with E-state index >= 15 is 0 Å². The summed E-state index contributed by atoms with van der Waals surface area (Å²) in [6.45, 7) is -0.0942. The third-order valence-corrected chi connectivity index (χ3v) is 4.50. The maximum Gasteiger partial charge on any atom is 0.236 e. The average molecular weight is 364 g/mol. The number of hydrogen-bond donors (Lipinski definition) is 1. The van der Waals surface area contributed by atoms with Crippen LogP contribution in [0.5, 0.6) is 5.75 Å². The van der Waals surface area contributed by atoms with E-state index in [9.17, 15) is 12.8 Å². The molecule has 0 saturated carbocycles. The highest BCUT2D eigenvalue weighted by Crippen LogP contribution is 2.30. The Hall–Kier alpha value is -1.50. The van der Waals surface area contributed by atoms with Gasteiger partial charge in [0.2, 0.25) is 10.0 Å². The molecule has 0 amide bonds. The smallest absolute Gasteiger partial charge is 0.236 e. The lowest BCUT2D eigenvalue weighted by atomic mass is 10.3. The minimum atomic E-state index is -3.68. The topological polar surface area (TPSA) is 55.4 Å². The fourth-order valence-corrected chi connectivity index (χ4v) is 3.14. The van der Waals surface area contributed by atoms with Gasteiger partial charge in [-0.1, -0.05) is 29.3 Å². The molecule has 2 aromatic rings. The van der Waals surface area contributed by atoms with Crippen LogP contribution in [0.15, 0.2) is 42.5 Å². The zero-order chi connectivity index (χ0) is 16.2. The summed E-state index contributed by atoms with van der Waals surface area (Å²) in [5.74, 6) is -0.311. The molecule has 0 bridgehead atoms. The highest BCUT2D eigenvalue weighted by molar-refractivity contribution is 7.92. The van der Waals surface area contributed by atoms with E-state index in [4.69, 9.17) is 27.9 Å². The first kappa shape index (κ1) is 16.9. The van der Waals surface area contributed by atoms with Crippen LogP contribution in [0.25, 0.3) is 0 Å². The van der Waals surface area contributed by atoms with Crippen molar-refractivity contribution in [2.24, 2.45) is 0 Å². The van der Waals surface area contributed by atoms with E-state index in [1.165, 1.54) is 36.4 Å². The predicted octanol–water partition coefficient (Wildman–Crippen LogP) is 3.95. The minimum absolute atomic E-state index is 0.0942. The second-order valence-electron chi connectivity index (χ2n) is 4.32. The van der Waals surface area contributed by atoms with E-state index in [2.05, 4.69) is 4.72 Å². The number of benzene rings is 2. The zero-order valence-corrected chi connectivity index (χ0v) is 13.6. The van der Waals surface area contributed by atoms with E-state index in [0.29, 0.717) is 5.75 Å². The van der Waals surface area contributed by atoms with Gasteiger partial charge in [0.05, 0.1) is 15.7 Å². The molecule has 0 aliphatic carbocycles. The van der Waals surface area contributed by atoms with Crippen molar-refractivity contribution >= 4 is 38.9 Å². The van der Waals surface area contributed by atoms with Crippen molar-refractivity contribution in [3.05, 3.63) is 58.3 Å². The van der Waals surface area contributed by atoms with Gasteiger partial charge in [0.1, 0.15) is 23.9 Å². The Bertz CT molecular complexity index is 731. The fraction of sp³-hybridized carbons (Fsp3) is 0.143. The van der Waals surface area contributed by atoms with Crippen LogP contribution in [0.2, 0.25) is 10.0 Å². The van der Waals surface area contributed by atoms with Gasteiger partial charge in [-0.15, -0.1) is 0 Å². The van der Waals surface area contributed by atoms with Crippen molar-refractivity contribution in [1.29, 1.82) is 0 Å². The maximum absolute atomic E-state index is 12.7. The number of hydrogen-bond acceptors (Lipinski definition) is 3. The maximum atomic E-state index is 12.7. The van der Waals surface area contributed by atoms with Crippen molar-refractivity contribution in [3.63, 3.8) is 0 Å². The lowest BCUT2D eigenvalue weighted by molar-refractivity contribution is 0.340. The Labute approximate surface area is 137 Å². The highest BCUT2D eigenvalue weighted by Gasteiger charge is 2.15. The SMILES string of the molecule is O=S(=O)(CCOc1ccc(F)cc1)Nc1c(Cl)cccc1Cl. The Morgan fingerprint density at radius 2 is 1.64 bits per heavy atom. The second-order valence-corrected chi connectivity index (χ2v) is 6.98. The highest BCUT2D eigenvalue weighted by atomic mass is 35.5. The Kier molecular flexibility index (Phi) is 5.50. The Morgan fingerprint density at radius 1 is 1.05 bits per heavy atom. The van der Waals surface area contributed by atoms with Gasteiger partial charge in [0.15, 0.2) is 0 Å². The molecule has 0 aliphatic heterocycles. The van der Waals surface area contributed by atoms with Crippen LogP contribution in [-0.2, 0) is 10.0 Å². The molecule has 1 N–H and O–H groups in total. The lowest BCUT2D eigenvalue weighted by Gasteiger charge is -2.11. The summed E-state index contributed by atoms with van der Waals surface area (Å²) in [7, 11) is -3.68. The van der Waals surface area contributed by atoms with E-state index in [0.717, 1.165) is 0 Å². The number of anilines is 1. The summed E-state index contributed by atoms with van der Waals surface area (Å²) >= 11 is 11.8. The van der Waals surface area contributed by atoms with Crippen molar-refractivity contribution in [1.82, 2.24) is 0 Å². The van der Waals surface area contributed by atoms with Crippen molar-refractivity contribution in [2.45, 2.75) is 0 Å². The first-order valence-corrected chi connectivity index (χ1v) is 8.61. The average Bonchev–Trinajstić information content (AvgIpc) is 2.45. The number of rotatable bonds is 6. The molecule has 0 saturated heterocycles. The molecule has 0 fully saturated rings. The molecule has 0 aliphatic rings. The number of nitrogens with one attached hydrogen (secondary N) is 1. The minimum Gasteiger partial charge on any atom is -0.492 e. The summed E-state index contributed by atoms with van der Waals surface area (Å²) in [4.78, 5) is 0. The molecule has 2 rings (SSSR count). The zero-order valence-electron chi connectivity index (χ0n) is 11.2. The number of ether oxygens (including phenoxy) is 1. The molecule has 8 heteroatoms. The van der Waals surface area contributed by atoms with Crippen molar-refractivity contribution < 1.29 is 17.5 Å². The molecule has 0 aromatic heterocycles. The summed E-state index contributed by atoms with van der Waals surface area (Å²) in [6, 6.07) is 9.96. The molecule has 0 spiro atoms. The number of sulfonamides is 1. The van der Waals surface area contributed by atoms with Crippen LogP contribution in [0.3, 0.4) is 0 Å². The Balaban J connectivity index is 1.95. The predicted molar refractivity (Wildman–Crippen MR) is 85.8 cm³/mol. The van der Waals surface area contributed by atoms with Crippen molar-refractivity contribution in [3.8, 4) is 5.75 Å². The normalized spacial score (nSPS) is 11.2. The summed E-state index contributed by atoms with van der Waals surface area (Å²) in [5.41, 5.74) is 0.132. The van der Waals surface area contributed by atoms with Gasteiger partial charge in [0, 0.05) is 0 Å². The first-order valence-electron chi connectivity index (χ1n) is 6.20. The second kappa shape index (κ2) is 7.17. The van der Waals surface area contributed by atoms with E-state index in [1.807, 2.05) is 0 Å². The van der Waals surface area contributed by atoms with Gasteiger partial charge in [0.25, 0.3) is 0 Å². The standard InChI is InChI=1S/C14H12Cl2FNO3S/c15-12-2-1-3-13(16)14(12)18-22(19,20)9-8-21-11-6-4-10(17)5-7-11/h1-7,18H,8-9H2. The lowest BCUT2D eigenvalue weighted by Crippen LogP contribution is -2.21. The van der Waals surface area contributed by atoms with Crippen LogP contribution in [0.4, 0.5) is 10.1 Å². The molecular weight excluding hydrogens is 352 g/mol. The van der Waals surface area contributed by atoms with E-state index in [1.54, 1.807) is 6.07 Å². The molecule has 0 heterocycles. The third kappa shape index (κ3) is 4.76. The fourth-order valence-electron chi connectivity index (χ4n) is 1.60. The van der Waals surface area contributed by atoms with Gasteiger partial charge in [-0.25, -0.2) is 12.8 Å². The Morgan fingerprint density at radius 3 is 2.23 bits per heavy atom.